The molecule has 0 atom stereocenters. The molecule has 2 heterocycles. The van der Waals surface area contributed by atoms with Gasteiger partial charge in [-0.25, -0.2) is 9.97 Å². The second-order valence-electron chi connectivity index (χ2n) is 3.88. The topological polar surface area (TPSA) is 76.1 Å². The Morgan fingerprint density at radius 1 is 1.42 bits per heavy atom. The van der Waals surface area contributed by atoms with Crippen molar-refractivity contribution in [2.75, 3.05) is 32.1 Å². The maximum absolute atomic E-state index is 11.5. The van der Waals surface area contributed by atoms with Gasteiger partial charge in [0.1, 0.15) is 17.0 Å². The predicted octanol–water partition coefficient (Wildman–Crippen LogP) is 1.26. The summed E-state index contributed by atoms with van der Waals surface area (Å²) in [6, 6.07) is 1.97. The highest BCUT2D eigenvalue weighted by Gasteiger charge is 2.05. The fourth-order valence-corrected chi connectivity index (χ4v) is 2.34. The smallest absolute Gasteiger partial charge is 0.221 e. The van der Waals surface area contributed by atoms with Crippen molar-refractivity contribution in [1.82, 2.24) is 15.3 Å². The van der Waals surface area contributed by atoms with E-state index in [2.05, 4.69) is 20.6 Å². The Labute approximate surface area is 115 Å². The van der Waals surface area contributed by atoms with E-state index in [0.717, 1.165) is 16.0 Å². The number of rotatable bonds is 7. The standard InChI is InChI=1S/C12H16N4O2S/c1-18-6-5-13-10(17)2-4-14-11-9-3-7-19-12(9)16-8-15-11/h3,7-8H,2,4-6H2,1H3,(H,13,17)(H,14,15,16). The Morgan fingerprint density at radius 3 is 3.16 bits per heavy atom. The van der Waals surface area contributed by atoms with Crippen LogP contribution in [0.4, 0.5) is 5.82 Å². The zero-order valence-corrected chi connectivity index (χ0v) is 11.5. The summed E-state index contributed by atoms with van der Waals surface area (Å²) in [7, 11) is 1.61. The molecule has 0 spiro atoms. The van der Waals surface area contributed by atoms with Gasteiger partial charge in [-0.05, 0) is 11.4 Å². The highest BCUT2D eigenvalue weighted by molar-refractivity contribution is 7.16. The van der Waals surface area contributed by atoms with Gasteiger partial charge in [0.05, 0.1) is 12.0 Å². The van der Waals surface area contributed by atoms with E-state index < -0.39 is 0 Å². The SMILES string of the molecule is COCCNC(=O)CCNc1ncnc2sccc12. The molecular weight excluding hydrogens is 264 g/mol. The summed E-state index contributed by atoms with van der Waals surface area (Å²) in [5.74, 6) is 0.774. The molecule has 0 fully saturated rings. The van der Waals surface area contributed by atoms with Crippen molar-refractivity contribution in [1.29, 1.82) is 0 Å². The number of fused-ring (bicyclic) bond motifs is 1. The number of carbonyl (C=O) groups excluding carboxylic acids is 1. The zero-order valence-electron chi connectivity index (χ0n) is 10.7. The van der Waals surface area contributed by atoms with Crippen molar-refractivity contribution in [3.8, 4) is 0 Å². The van der Waals surface area contributed by atoms with E-state index in [1.54, 1.807) is 18.4 Å². The van der Waals surface area contributed by atoms with Gasteiger partial charge in [-0.15, -0.1) is 11.3 Å². The maximum atomic E-state index is 11.5. The van der Waals surface area contributed by atoms with Crippen LogP contribution in [0.3, 0.4) is 0 Å². The predicted molar refractivity (Wildman–Crippen MR) is 75.4 cm³/mol. The molecule has 0 unspecified atom stereocenters. The first-order valence-electron chi connectivity index (χ1n) is 5.99. The van der Waals surface area contributed by atoms with Gasteiger partial charge < -0.3 is 15.4 Å². The highest BCUT2D eigenvalue weighted by Crippen LogP contribution is 2.23. The van der Waals surface area contributed by atoms with E-state index >= 15 is 0 Å². The normalized spacial score (nSPS) is 10.6. The lowest BCUT2D eigenvalue weighted by Crippen LogP contribution is -2.28. The molecule has 0 bridgehead atoms. The van der Waals surface area contributed by atoms with Gasteiger partial charge in [0.2, 0.25) is 5.91 Å². The van der Waals surface area contributed by atoms with Crippen LogP contribution in [0.2, 0.25) is 0 Å². The number of ether oxygens (including phenoxy) is 1. The second-order valence-corrected chi connectivity index (χ2v) is 4.78. The molecule has 19 heavy (non-hydrogen) atoms. The monoisotopic (exact) mass is 280 g/mol. The molecule has 7 heteroatoms. The van der Waals surface area contributed by atoms with Gasteiger partial charge in [-0.3, -0.25) is 4.79 Å². The van der Waals surface area contributed by atoms with Crippen molar-refractivity contribution in [3.05, 3.63) is 17.8 Å². The van der Waals surface area contributed by atoms with Crippen molar-refractivity contribution in [2.24, 2.45) is 0 Å². The average Bonchev–Trinajstić information content (AvgIpc) is 2.88. The minimum atomic E-state index is 0.000156. The van der Waals surface area contributed by atoms with Crippen LogP contribution < -0.4 is 10.6 Å². The van der Waals surface area contributed by atoms with Crippen molar-refractivity contribution >= 4 is 33.3 Å². The molecule has 2 aromatic heterocycles. The van der Waals surface area contributed by atoms with Crippen LogP contribution in [0.15, 0.2) is 17.8 Å². The van der Waals surface area contributed by atoms with Crippen LogP contribution in [0, 0.1) is 0 Å². The van der Waals surface area contributed by atoms with E-state index in [0.29, 0.717) is 26.1 Å². The molecule has 2 N–H and O–H groups in total. The number of nitrogens with one attached hydrogen (secondary N) is 2. The van der Waals surface area contributed by atoms with Gasteiger partial charge in [-0.1, -0.05) is 0 Å². The first-order chi connectivity index (χ1) is 9.31. The quantitative estimate of drug-likeness (QED) is 0.747. The Bertz CT molecular complexity index is 543. The van der Waals surface area contributed by atoms with Crippen molar-refractivity contribution in [3.63, 3.8) is 0 Å². The summed E-state index contributed by atoms with van der Waals surface area (Å²) >= 11 is 1.57. The van der Waals surface area contributed by atoms with E-state index in [4.69, 9.17) is 4.74 Å². The summed E-state index contributed by atoms with van der Waals surface area (Å²) < 4.78 is 4.86. The second kappa shape index (κ2) is 7.01. The molecule has 0 aliphatic carbocycles. The van der Waals surface area contributed by atoms with Crippen LogP contribution in [-0.2, 0) is 9.53 Å². The number of aromatic nitrogens is 2. The fourth-order valence-electron chi connectivity index (χ4n) is 1.61. The molecule has 102 valence electrons. The summed E-state index contributed by atoms with van der Waals surface area (Å²) in [4.78, 5) is 20.8. The van der Waals surface area contributed by atoms with E-state index in [1.807, 2.05) is 11.4 Å². The van der Waals surface area contributed by atoms with Crippen LogP contribution >= 0.6 is 11.3 Å². The summed E-state index contributed by atoms with van der Waals surface area (Å²) in [6.45, 7) is 1.61. The molecule has 0 radical (unpaired) electrons. The van der Waals surface area contributed by atoms with Crippen LogP contribution in [-0.4, -0.2) is 42.7 Å². The van der Waals surface area contributed by atoms with Gasteiger partial charge in [-0.2, -0.15) is 0 Å². The van der Waals surface area contributed by atoms with Crippen LogP contribution in [0.1, 0.15) is 6.42 Å². The molecule has 2 rings (SSSR count). The van der Waals surface area contributed by atoms with E-state index in [9.17, 15) is 4.79 Å². The third kappa shape index (κ3) is 3.87. The molecular formula is C12H16N4O2S. The first kappa shape index (κ1) is 13.7. The van der Waals surface area contributed by atoms with Crippen molar-refractivity contribution < 1.29 is 9.53 Å². The van der Waals surface area contributed by atoms with Crippen LogP contribution in [0.25, 0.3) is 10.2 Å². The van der Waals surface area contributed by atoms with E-state index in [1.165, 1.54) is 6.33 Å². The minimum absolute atomic E-state index is 0.000156. The molecule has 0 saturated carbocycles. The fraction of sp³-hybridized carbons (Fsp3) is 0.417. The van der Waals surface area contributed by atoms with E-state index in [-0.39, 0.29) is 5.91 Å². The van der Waals surface area contributed by atoms with Gasteiger partial charge in [0, 0.05) is 26.6 Å². The lowest BCUT2D eigenvalue weighted by Gasteiger charge is -2.07. The molecule has 6 nitrogen and oxygen atoms in total. The number of carbonyl (C=O) groups is 1. The van der Waals surface area contributed by atoms with Crippen LogP contribution in [0.5, 0.6) is 0 Å². The number of methoxy groups -OCH3 is 1. The molecule has 1 amide bonds. The maximum Gasteiger partial charge on any atom is 0.221 e. The number of thiophene rings is 1. The summed E-state index contributed by atoms with van der Waals surface area (Å²) in [5.41, 5.74) is 0. The Morgan fingerprint density at radius 2 is 2.32 bits per heavy atom. The zero-order chi connectivity index (χ0) is 13.5. The van der Waals surface area contributed by atoms with Gasteiger partial charge in [0.15, 0.2) is 0 Å². The Hall–Kier alpha value is -1.73. The Kier molecular flexibility index (Phi) is 5.05. The van der Waals surface area contributed by atoms with Crippen molar-refractivity contribution in [2.45, 2.75) is 6.42 Å². The molecule has 0 aliphatic heterocycles. The molecule has 2 aromatic rings. The Balaban J connectivity index is 1.79. The summed E-state index contributed by atoms with van der Waals surface area (Å²) in [6.07, 6.45) is 1.93. The summed E-state index contributed by atoms with van der Waals surface area (Å²) in [5, 5.41) is 8.89. The lowest BCUT2D eigenvalue weighted by molar-refractivity contribution is -0.121. The lowest BCUT2D eigenvalue weighted by atomic mass is 10.3. The number of anilines is 1. The molecule has 0 aromatic carbocycles. The minimum Gasteiger partial charge on any atom is -0.383 e. The first-order valence-corrected chi connectivity index (χ1v) is 6.87. The third-order valence-corrected chi connectivity index (χ3v) is 3.36. The number of nitrogens with zero attached hydrogens (tertiary/aromatic N) is 2. The third-order valence-electron chi connectivity index (χ3n) is 2.53. The molecule has 0 aliphatic rings. The largest absolute Gasteiger partial charge is 0.383 e. The number of amides is 1. The highest BCUT2D eigenvalue weighted by atomic mass is 32.1. The average molecular weight is 280 g/mol. The van der Waals surface area contributed by atoms with Gasteiger partial charge >= 0.3 is 0 Å². The number of hydrogen-bond acceptors (Lipinski definition) is 6. The van der Waals surface area contributed by atoms with Gasteiger partial charge in [0.25, 0.3) is 0 Å². The molecule has 0 saturated heterocycles. The number of hydrogen-bond donors (Lipinski definition) is 2.